The molecule has 0 amide bonds. The Balaban J connectivity index is 1.63. The van der Waals surface area contributed by atoms with Crippen molar-refractivity contribution in [1.82, 2.24) is 19.1 Å². The summed E-state index contributed by atoms with van der Waals surface area (Å²) in [4.78, 5) is 45.6. The molecule has 2 N–H and O–H groups in total. The molecule has 11 nitrogen and oxygen atoms in total. The lowest BCUT2D eigenvalue weighted by Gasteiger charge is -2.17. The van der Waals surface area contributed by atoms with E-state index < -0.39 is 23.3 Å². The summed E-state index contributed by atoms with van der Waals surface area (Å²) >= 11 is 5.98. The number of methoxy groups -OCH3 is 1. The number of carbonyl (C=O) groups is 1. The molecule has 1 atom stereocenters. The number of rotatable bonds is 10. The van der Waals surface area contributed by atoms with Gasteiger partial charge in [0.25, 0.3) is 0 Å². The number of pyridine rings is 1. The number of hydrogen-bond acceptors (Lipinski definition) is 8. The number of aliphatic carboxylic acids is 1. The van der Waals surface area contributed by atoms with E-state index in [4.69, 9.17) is 21.1 Å². The molecular formula is C26H24ClN5O6. The molecule has 0 spiro atoms. The maximum absolute atomic E-state index is 13.3. The van der Waals surface area contributed by atoms with Crippen LogP contribution in [-0.4, -0.2) is 37.3 Å². The minimum atomic E-state index is -1.13. The van der Waals surface area contributed by atoms with E-state index in [0.717, 1.165) is 10.1 Å². The van der Waals surface area contributed by atoms with Crippen molar-refractivity contribution in [2.45, 2.75) is 20.0 Å². The quantitative estimate of drug-likeness (QED) is 0.309. The zero-order valence-corrected chi connectivity index (χ0v) is 21.3. The first-order valence-corrected chi connectivity index (χ1v) is 11.8. The SMILES string of the molecule is COc1ccc(Oc2ccc(Nc3nc(=O)n(C[C@H](C)C(=O)O)c(=O)n3Cc3ccc(Cl)cc3)cc2)nc1. The Morgan fingerprint density at radius 2 is 1.71 bits per heavy atom. The standard InChI is InChI=1S/C26H24ClN5O6/c1-16(23(33)34)14-32-25(35)30-24(31(26(32)36)15-17-3-5-18(27)6-4-17)29-19-7-9-20(10-8-19)38-22-12-11-21(37-2)13-28-22/h3-13,16H,14-15H2,1-2H3,(H,33,34)(H,29,30,35)/t16-/m0/s1. The Morgan fingerprint density at radius 3 is 2.32 bits per heavy atom. The summed E-state index contributed by atoms with van der Waals surface area (Å²) < 4.78 is 12.9. The Labute approximate surface area is 221 Å². The highest BCUT2D eigenvalue weighted by atomic mass is 35.5. The normalized spacial score (nSPS) is 11.6. The van der Waals surface area contributed by atoms with Crippen LogP contribution in [0.5, 0.6) is 17.4 Å². The molecule has 12 heteroatoms. The van der Waals surface area contributed by atoms with Crippen LogP contribution < -0.4 is 26.2 Å². The van der Waals surface area contributed by atoms with Gasteiger partial charge in [0.15, 0.2) is 0 Å². The van der Waals surface area contributed by atoms with Gasteiger partial charge in [0, 0.05) is 23.3 Å². The van der Waals surface area contributed by atoms with Gasteiger partial charge in [0.05, 0.1) is 25.8 Å². The number of anilines is 2. The van der Waals surface area contributed by atoms with Crippen LogP contribution in [0.1, 0.15) is 12.5 Å². The van der Waals surface area contributed by atoms with Crippen molar-refractivity contribution in [3.05, 3.63) is 98.4 Å². The summed E-state index contributed by atoms with van der Waals surface area (Å²) in [6.07, 6.45) is 1.54. The van der Waals surface area contributed by atoms with Crippen molar-refractivity contribution in [2.75, 3.05) is 12.4 Å². The molecule has 0 saturated heterocycles. The summed E-state index contributed by atoms with van der Waals surface area (Å²) in [5, 5.41) is 12.8. The number of benzene rings is 2. The van der Waals surface area contributed by atoms with Crippen molar-refractivity contribution in [2.24, 2.45) is 5.92 Å². The molecule has 4 aromatic rings. The Kier molecular flexibility index (Phi) is 8.07. The molecule has 0 aliphatic heterocycles. The molecule has 4 rings (SSSR count). The van der Waals surface area contributed by atoms with Crippen molar-refractivity contribution >= 4 is 29.2 Å². The average Bonchev–Trinajstić information content (AvgIpc) is 2.91. The largest absolute Gasteiger partial charge is 0.495 e. The van der Waals surface area contributed by atoms with Gasteiger partial charge < -0.3 is 19.9 Å². The van der Waals surface area contributed by atoms with Crippen molar-refractivity contribution in [3.8, 4) is 17.4 Å². The Hall–Kier alpha value is -4.64. The minimum Gasteiger partial charge on any atom is -0.495 e. The Bertz CT molecular complexity index is 1530. The molecule has 196 valence electrons. The number of carboxylic acid groups (broad SMARTS) is 1. The number of nitrogens with one attached hydrogen (secondary N) is 1. The summed E-state index contributed by atoms with van der Waals surface area (Å²) in [6, 6.07) is 17.0. The molecule has 0 saturated carbocycles. The minimum absolute atomic E-state index is 0.000308. The van der Waals surface area contributed by atoms with E-state index in [1.165, 1.54) is 17.7 Å². The summed E-state index contributed by atoms with van der Waals surface area (Å²) in [5.74, 6) is -0.595. The van der Waals surface area contributed by atoms with Gasteiger partial charge in [-0.3, -0.25) is 9.36 Å². The van der Waals surface area contributed by atoms with Gasteiger partial charge in [-0.2, -0.15) is 4.98 Å². The van der Waals surface area contributed by atoms with Crippen LogP contribution in [0.2, 0.25) is 5.02 Å². The lowest BCUT2D eigenvalue weighted by atomic mass is 10.2. The highest BCUT2D eigenvalue weighted by Crippen LogP contribution is 2.24. The molecule has 2 aromatic carbocycles. The fourth-order valence-corrected chi connectivity index (χ4v) is 3.58. The number of nitrogens with zero attached hydrogens (tertiary/aromatic N) is 4. The molecule has 0 aliphatic rings. The summed E-state index contributed by atoms with van der Waals surface area (Å²) in [7, 11) is 1.55. The molecule has 2 heterocycles. The lowest BCUT2D eigenvalue weighted by Crippen LogP contribution is -2.44. The molecule has 2 aromatic heterocycles. The highest BCUT2D eigenvalue weighted by molar-refractivity contribution is 6.30. The second-order valence-corrected chi connectivity index (χ2v) is 8.79. The maximum Gasteiger partial charge on any atom is 0.354 e. The van der Waals surface area contributed by atoms with Gasteiger partial charge in [0.2, 0.25) is 11.8 Å². The molecule has 0 aliphatic carbocycles. The number of ether oxygens (including phenoxy) is 2. The second-order valence-electron chi connectivity index (χ2n) is 8.35. The summed E-state index contributed by atoms with van der Waals surface area (Å²) in [5.41, 5.74) is -0.286. The van der Waals surface area contributed by atoms with Crippen LogP contribution in [0.25, 0.3) is 0 Å². The van der Waals surface area contributed by atoms with Crippen LogP contribution in [0.15, 0.2) is 76.4 Å². The third kappa shape index (κ3) is 6.37. The van der Waals surface area contributed by atoms with Gasteiger partial charge >= 0.3 is 17.3 Å². The molecule has 0 unspecified atom stereocenters. The van der Waals surface area contributed by atoms with E-state index in [1.807, 2.05) is 0 Å². The zero-order valence-electron chi connectivity index (χ0n) is 20.5. The third-order valence-electron chi connectivity index (χ3n) is 5.56. The van der Waals surface area contributed by atoms with E-state index in [-0.39, 0.29) is 19.0 Å². The van der Waals surface area contributed by atoms with Crippen molar-refractivity contribution < 1.29 is 19.4 Å². The molecular weight excluding hydrogens is 514 g/mol. The molecule has 0 bridgehead atoms. The van der Waals surface area contributed by atoms with Crippen LogP contribution in [0.4, 0.5) is 11.6 Å². The number of hydrogen-bond donors (Lipinski definition) is 2. The van der Waals surface area contributed by atoms with Gasteiger partial charge in [-0.1, -0.05) is 30.7 Å². The number of carboxylic acids is 1. The van der Waals surface area contributed by atoms with Crippen LogP contribution in [0, 0.1) is 5.92 Å². The lowest BCUT2D eigenvalue weighted by molar-refractivity contribution is -0.141. The van der Waals surface area contributed by atoms with Gasteiger partial charge in [-0.15, -0.1) is 0 Å². The van der Waals surface area contributed by atoms with Crippen LogP contribution >= 0.6 is 11.6 Å². The topological polar surface area (TPSA) is 138 Å². The van der Waals surface area contributed by atoms with E-state index in [9.17, 15) is 19.5 Å². The maximum atomic E-state index is 13.3. The molecule has 0 fully saturated rings. The van der Waals surface area contributed by atoms with Crippen LogP contribution in [-0.2, 0) is 17.9 Å². The zero-order chi connectivity index (χ0) is 27.2. The van der Waals surface area contributed by atoms with Gasteiger partial charge in [-0.05, 0) is 48.0 Å². The number of aromatic nitrogens is 4. The van der Waals surface area contributed by atoms with Crippen LogP contribution in [0.3, 0.4) is 0 Å². The van der Waals surface area contributed by atoms with Gasteiger partial charge in [-0.25, -0.2) is 19.1 Å². The number of halogens is 1. The fourth-order valence-electron chi connectivity index (χ4n) is 3.45. The monoisotopic (exact) mass is 537 g/mol. The molecule has 38 heavy (non-hydrogen) atoms. The first kappa shape index (κ1) is 26.4. The second kappa shape index (κ2) is 11.6. The van der Waals surface area contributed by atoms with Crippen molar-refractivity contribution in [1.29, 1.82) is 0 Å². The first-order chi connectivity index (χ1) is 18.2. The Morgan fingerprint density at radius 1 is 1.03 bits per heavy atom. The first-order valence-electron chi connectivity index (χ1n) is 11.5. The van der Waals surface area contributed by atoms with E-state index in [2.05, 4.69) is 15.3 Å². The summed E-state index contributed by atoms with van der Waals surface area (Å²) in [6.45, 7) is 1.17. The van der Waals surface area contributed by atoms with E-state index >= 15 is 0 Å². The average molecular weight is 538 g/mol. The van der Waals surface area contributed by atoms with E-state index in [1.54, 1.807) is 67.8 Å². The third-order valence-corrected chi connectivity index (χ3v) is 5.81. The molecule has 0 radical (unpaired) electrons. The smallest absolute Gasteiger partial charge is 0.354 e. The van der Waals surface area contributed by atoms with Gasteiger partial charge in [0.1, 0.15) is 11.5 Å². The fraction of sp³-hybridized carbons (Fsp3) is 0.192. The van der Waals surface area contributed by atoms with E-state index in [0.29, 0.717) is 28.1 Å². The predicted octanol–water partition coefficient (Wildman–Crippen LogP) is 3.77. The highest BCUT2D eigenvalue weighted by Gasteiger charge is 2.19. The van der Waals surface area contributed by atoms with Crippen molar-refractivity contribution in [3.63, 3.8) is 0 Å². The predicted molar refractivity (Wildman–Crippen MR) is 141 cm³/mol.